The van der Waals surface area contributed by atoms with Crippen molar-refractivity contribution >= 4 is 11.0 Å². The zero-order valence-electron chi connectivity index (χ0n) is 16.8. The van der Waals surface area contributed by atoms with Crippen LogP contribution in [0.2, 0.25) is 0 Å². The third-order valence-corrected chi connectivity index (χ3v) is 4.89. The molecule has 0 unspecified atom stereocenters. The van der Waals surface area contributed by atoms with Gasteiger partial charge >= 0.3 is 0 Å². The first-order valence-corrected chi connectivity index (χ1v) is 9.35. The Hall–Kier alpha value is -3.87. The smallest absolute Gasteiger partial charge is 0.200 e. The number of rotatable bonds is 6. The highest BCUT2D eigenvalue weighted by Gasteiger charge is 2.14. The topological polar surface area (TPSA) is 57.9 Å². The molecular weight excluding hydrogens is 406 g/mol. The van der Waals surface area contributed by atoms with Gasteiger partial charge in [0.05, 0.1) is 30.7 Å². The van der Waals surface area contributed by atoms with E-state index in [1.54, 1.807) is 30.3 Å². The molecule has 31 heavy (non-hydrogen) atoms. The van der Waals surface area contributed by atoms with E-state index in [9.17, 15) is 13.6 Å². The van der Waals surface area contributed by atoms with Crippen LogP contribution in [0.5, 0.6) is 17.2 Å². The van der Waals surface area contributed by atoms with Crippen LogP contribution >= 0.6 is 0 Å². The van der Waals surface area contributed by atoms with E-state index in [2.05, 4.69) is 0 Å². The van der Waals surface area contributed by atoms with Crippen molar-refractivity contribution in [3.05, 3.63) is 88.3 Å². The lowest BCUT2D eigenvalue weighted by molar-refractivity contribution is 0.292. The minimum atomic E-state index is -0.688. The third kappa shape index (κ3) is 3.94. The first kappa shape index (κ1) is 20.4. The van der Waals surface area contributed by atoms with Gasteiger partial charge in [-0.2, -0.15) is 0 Å². The van der Waals surface area contributed by atoms with E-state index in [0.29, 0.717) is 39.3 Å². The molecule has 0 fully saturated rings. The van der Waals surface area contributed by atoms with Gasteiger partial charge in [0, 0.05) is 6.07 Å². The maximum absolute atomic E-state index is 13.8. The molecule has 4 aromatic rings. The molecule has 0 radical (unpaired) electrons. The SMILES string of the molecule is COc1ccc(-c2coc3cc(OCc4c(F)cccc4F)ccc3c2=O)cc1OC. The van der Waals surface area contributed by atoms with Gasteiger partial charge in [-0.25, -0.2) is 8.78 Å². The van der Waals surface area contributed by atoms with Crippen molar-refractivity contribution in [3.63, 3.8) is 0 Å². The second kappa shape index (κ2) is 8.47. The van der Waals surface area contributed by atoms with Gasteiger partial charge in [0.25, 0.3) is 0 Å². The lowest BCUT2D eigenvalue weighted by Crippen LogP contribution is -2.06. The molecule has 0 aliphatic rings. The molecule has 0 saturated heterocycles. The van der Waals surface area contributed by atoms with Crippen molar-refractivity contribution in [2.45, 2.75) is 6.61 Å². The van der Waals surface area contributed by atoms with E-state index in [1.165, 1.54) is 32.6 Å². The summed E-state index contributed by atoms with van der Waals surface area (Å²) in [5.41, 5.74) is 0.855. The largest absolute Gasteiger partial charge is 0.493 e. The summed E-state index contributed by atoms with van der Waals surface area (Å²) in [5.74, 6) is -0.0240. The highest BCUT2D eigenvalue weighted by Crippen LogP contribution is 2.32. The van der Waals surface area contributed by atoms with E-state index in [0.717, 1.165) is 12.1 Å². The normalized spacial score (nSPS) is 10.8. The monoisotopic (exact) mass is 424 g/mol. The first-order chi connectivity index (χ1) is 15.0. The number of hydrogen-bond acceptors (Lipinski definition) is 5. The van der Waals surface area contributed by atoms with E-state index < -0.39 is 11.6 Å². The quantitative estimate of drug-likeness (QED) is 0.419. The van der Waals surface area contributed by atoms with E-state index in [-0.39, 0.29) is 17.6 Å². The van der Waals surface area contributed by atoms with Crippen molar-refractivity contribution in [1.82, 2.24) is 0 Å². The van der Waals surface area contributed by atoms with Gasteiger partial charge in [-0.3, -0.25) is 4.79 Å². The van der Waals surface area contributed by atoms with Crippen molar-refractivity contribution < 1.29 is 27.4 Å². The summed E-state index contributed by atoms with van der Waals surface area (Å²) in [7, 11) is 3.04. The summed E-state index contributed by atoms with van der Waals surface area (Å²) in [6, 6.07) is 13.4. The van der Waals surface area contributed by atoms with Gasteiger partial charge in [-0.15, -0.1) is 0 Å². The predicted octanol–water partition coefficient (Wildman–Crippen LogP) is 5.33. The fourth-order valence-electron chi connectivity index (χ4n) is 3.23. The van der Waals surface area contributed by atoms with E-state index in [1.807, 2.05) is 0 Å². The zero-order valence-corrected chi connectivity index (χ0v) is 16.8. The number of ether oxygens (including phenoxy) is 3. The Morgan fingerprint density at radius 2 is 1.65 bits per heavy atom. The molecule has 158 valence electrons. The summed E-state index contributed by atoms with van der Waals surface area (Å²) >= 11 is 0. The van der Waals surface area contributed by atoms with Gasteiger partial charge in [-0.1, -0.05) is 12.1 Å². The lowest BCUT2D eigenvalue weighted by Gasteiger charge is -2.10. The van der Waals surface area contributed by atoms with Crippen LogP contribution < -0.4 is 19.6 Å². The number of methoxy groups -OCH3 is 2. The zero-order chi connectivity index (χ0) is 22.0. The highest BCUT2D eigenvalue weighted by atomic mass is 19.1. The Labute approximate surface area is 176 Å². The molecule has 0 bridgehead atoms. The van der Waals surface area contributed by atoms with Gasteiger partial charge in [-0.05, 0) is 42.0 Å². The fourth-order valence-corrected chi connectivity index (χ4v) is 3.23. The van der Waals surface area contributed by atoms with Gasteiger partial charge in [0.15, 0.2) is 16.9 Å². The van der Waals surface area contributed by atoms with Crippen LogP contribution in [-0.2, 0) is 6.61 Å². The Morgan fingerprint density at radius 3 is 2.35 bits per heavy atom. The molecule has 1 heterocycles. The number of halogens is 2. The van der Waals surface area contributed by atoms with Crippen LogP contribution in [0.25, 0.3) is 22.1 Å². The molecule has 0 saturated carbocycles. The third-order valence-electron chi connectivity index (χ3n) is 4.89. The molecule has 0 aliphatic carbocycles. The molecule has 3 aromatic carbocycles. The Morgan fingerprint density at radius 1 is 0.903 bits per heavy atom. The molecular formula is C24H18F2O5. The molecule has 7 heteroatoms. The van der Waals surface area contributed by atoms with Crippen molar-refractivity contribution in [1.29, 1.82) is 0 Å². The molecule has 0 aliphatic heterocycles. The van der Waals surface area contributed by atoms with Crippen LogP contribution in [0.1, 0.15) is 5.56 Å². The van der Waals surface area contributed by atoms with E-state index >= 15 is 0 Å². The van der Waals surface area contributed by atoms with Crippen LogP contribution in [-0.4, -0.2) is 14.2 Å². The Bertz CT molecular complexity index is 1290. The molecule has 0 N–H and O–H groups in total. The number of hydrogen-bond donors (Lipinski definition) is 0. The number of benzene rings is 3. The molecule has 5 nitrogen and oxygen atoms in total. The summed E-state index contributed by atoms with van der Waals surface area (Å²) in [6.07, 6.45) is 1.35. The minimum Gasteiger partial charge on any atom is -0.493 e. The summed E-state index contributed by atoms with van der Waals surface area (Å²) in [5, 5.41) is 0.344. The van der Waals surface area contributed by atoms with Crippen LogP contribution in [0, 0.1) is 11.6 Å². The summed E-state index contributed by atoms with van der Waals surface area (Å²) in [6.45, 7) is -0.294. The second-order valence-corrected chi connectivity index (χ2v) is 6.70. The van der Waals surface area contributed by atoms with E-state index in [4.69, 9.17) is 18.6 Å². The Balaban J connectivity index is 1.65. The average molecular weight is 424 g/mol. The summed E-state index contributed by atoms with van der Waals surface area (Å²) in [4.78, 5) is 13.0. The predicted molar refractivity (Wildman–Crippen MR) is 112 cm³/mol. The van der Waals surface area contributed by atoms with Gasteiger partial charge < -0.3 is 18.6 Å². The second-order valence-electron chi connectivity index (χ2n) is 6.70. The standard InChI is InChI=1S/C24H18F2O5/c1-28-21-9-6-14(10-23(21)29-2)17-12-31-22-11-15(7-8-16(22)24(17)27)30-13-18-19(25)4-3-5-20(18)26/h3-12H,13H2,1-2H3. The fraction of sp³-hybridized carbons (Fsp3) is 0.125. The average Bonchev–Trinajstić information content (AvgIpc) is 2.78. The van der Waals surface area contributed by atoms with Crippen LogP contribution in [0.4, 0.5) is 8.78 Å². The van der Waals surface area contributed by atoms with Crippen molar-refractivity contribution in [2.24, 2.45) is 0 Å². The molecule has 0 atom stereocenters. The van der Waals surface area contributed by atoms with Crippen LogP contribution in [0.3, 0.4) is 0 Å². The lowest BCUT2D eigenvalue weighted by atomic mass is 10.0. The van der Waals surface area contributed by atoms with Crippen molar-refractivity contribution in [2.75, 3.05) is 14.2 Å². The molecule has 0 amide bonds. The van der Waals surface area contributed by atoms with Crippen LogP contribution in [0.15, 0.2) is 70.1 Å². The Kier molecular flexibility index (Phi) is 5.58. The maximum Gasteiger partial charge on any atom is 0.200 e. The highest BCUT2D eigenvalue weighted by molar-refractivity contribution is 5.83. The first-order valence-electron chi connectivity index (χ1n) is 9.35. The summed E-state index contributed by atoms with van der Waals surface area (Å²) < 4.78 is 49.2. The van der Waals surface area contributed by atoms with Crippen molar-refractivity contribution in [3.8, 4) is 28.4 Å². The van der Waals surface area contributed by atoms with Gasteiger partial charge in [0.2, 0.25) is 0 Å². The maximum atomic E-state index is 13.8. The number of fused-ring (bicyclic) bond motifs is 1. The molecule has 0 spiro atoms. The molecule has 4 rings (SSSR count). The van der Waals surface area contributed by atoms with Gasteiger partial charge in [0.1, 0.15) is 35.8 Å². The molecule has 1 aromatic heterocycles. The minimum absolute atomic E-state index is 0.173.